The van der Waals surface area contributed by atoms with Gasteiger partial charge in [-0.25, -0.2) is 22.2 Å². The molecule has 170 valence electrons. The molecule has 0 bridgehead atoms. The number of imidazole rings is 1. The number of H-pyrrole nitrogens is 2. The molecule has 2 aromatic carbocycles. The van der Waals surface area contributed by atoms with Crippen molar-refractivity contribution in [2.45, 2.75) is 24.7 Å². The van der Waals surface area contributed by atoms with E-state index in [1.54, 1.807) is 12.1 Å². The van der Waals surface area contributed by atoms with Crippen LogP contribution in [0.5, 0.6) is 0 Å². The Balaban J connectivity index is 1.60. The number of pyridine rings is 1. The first-order valence-corrected chi connectivity index (χ1v) is 11.4. The van der Waals surface area contributed by atoms with E-state index in [9.17, 15) is 17.6 Å². The summed E-state index contributed by atoms with van der Waals surface area (Å²) in [6, 6.07) is 9.41. The lowest BCUT2D eigenvalue weighted by Crippen LogP contribution is -2.18. The molecular weight excluding hydrogens is 452 g/mol. The SMILES string of the molecule is CC(C)c1ccc(S(=O)(=O)Nc2ccc(F)c(NC(=O)c3cnc4[nH+]c[nH]c4c3)c2F)cc1. The minimum atomic E-state index is -4.15. The number of sulfonamides is 1. The smallest absolute Gasteiger partial charge is 0.299 e. The summed E-state index contributed by atoms with van der Waals surface area (Å²) in [5.74, 6) is -2.93. The van der Waals surface area contributed by atoms with Crippen LogP contribution in [-0.4, -0.2) is 24.3 Å². The molecule has 0 aliphatic heterocycles. The summed E-state index contributed by atoms with van der Waals surface area (Å²) in [6.07, 6.45) is 2.76. The number of amides is 1. The summed E-state index contributed by atoms with van der Waals surface area (Å²) in [4.78, 5) is 22.2. The minimum Gasteiger partial charge on any atom is -0.317 e. The number of nitrogens with one attached hydrogen (secondary N) is 4. The highest BCUT2D eigenvalue weighted by molar-refractivity contribution is 7.92. The van der Waals surface area contributed by atoms with Gasteiger partial charge in [-0.15, -0.1) is 4.98 Å². The zero-order valence-corrected chi connectivity index (χ0v) is 18.4. The number of fused-ring (bicyclic) bond motifs is 1. The van der Waals surface area contributed by atoms with Gasteiger partial charge in [0, 0.05) is 0 Å². The number of aromatic nitrogens is 3. The number of anilines is 2. The maximum atomic E-state index is 15.0. The average Bonchev–Trinajstić information content (AvgIpc) is 3.26. The molecule has 33 heavy (non-hydrogen) atoms. The van der Waals surface area contributed by atoms with Crippen molar-refractivity contribution in [1.29, 1.82) is 0 Å². The van der Waals surface area contributed by atoms with Crippen LogP contribution in [0.25, 0.3) is 11.2 Å². The first-order chi connectivity index (χ1) is 15.7. The Labute approximate surface area is 188 Å². The molecule has 4 rings (SSSR count). The minimum absolute atomic E-state index is 0.0494. The number of halogens is 2. The van der Waals surface area contributed by atoms with Gasteiger partial charge in [0.15, 0.2) is 17.7 Å². The lowest BCUT2D eigenvalue weighted by Gasteiger charge is -2.13. The van der Waals surface area contributed by atoms with Gasteiger partial charge >= 0.3 is 0 Å². The predicted octanol–water partition coefficient (Wildman–Crippen LogP) is 3.83. The fraction of sp³-hybridized carbons (Fsp3) is 0.136. The van der Waals surface area contributed by atoms with Crippen molar-refractivity contribution < 1.29 is 27.0 Å². The van der Waals surface area contributed by atoms with Crippen LogP contribution in [0.1, 0.15) is 35.7 Å². The summed E-state index contributed by atoms with van der Waals surface area (Å²) < 4.78 is 56.9. The Morgan fingerprint density at radius 1 is 1.12 bits per heavy atom. The third-order valence-electron chi connectivity index (χ3n) is 5.02. The molecule has 8 nitrogen and oxygen atoms in total. The monoisotopic (exact) mass is 472 g/mol. The third kappa shape index (κ3) is 4.53. The van der Waals surface area contributed by atoms with Gasteiger partial charge in [0.1, 0.15) is 17.7 Å². The molecular formula is C22H20F2N5O3S+. The quantitative estimate of drug-likeness (QED) is 0.395. The van der Waals surface area contributed by atoms with E-state index in [4.69, 9.17) is 0 Å². The van der Waals surface area contributed by atoms with E-state index in [2.05, 4.69) is 25.0 Å². The Morgan fingerprint density at radius 2 is 1.85 bits per heavy atom. The molecule has 2 heterocycles. The molecule has 0 spiro atoms. The van der Waals surface area contributed by atoms with Gasteiger partial charge in [-0.3, -0.25) is 14.5 Å². The van der Waals surface area contributed by atoms with Crippen LogP contribution in [-0.2, 0) is 10.0 Å². The van der Waals surface area contributed by atoms with Crippen molar-refractivity contribution >= 4 is 38.5 Å². The highest BCUT2D eigenvalue weighted by Crippen LogP contribution is 2.28. The van der Waals surface area contributed by atoms with Crippen molar-refractivity contribution in [3.05, 3.63) is 77.8 Å². The summed E-state index contributed by atoms with van der Waals surface area (Å²) in [7, 11) is -4.15. The van der Waals surface area contributed by atoms with Crippen molar-refractivity contribution in [3.63, 3.8) is 0 Å². The third-order valence-corrected chi connectivity index (χ3v) is 6.40. The van der Waals surface area contributed by atoms with Crippen molar-refractivity contribution in [3.8, 4) is 0 Å². The lowest BCUT2D eigenvalue weighted by molar-refractivity contribution is -0.347. The van der Waals surface area contributed by atoms with Gasteiger partial charge in [0.2, 0.25) is 0 Å². The van der Waals surface area contributed by atoms with Gasteiger partial charge in [0.05, 0.1) is 16.1 Å². The summed E-state index contributed by atoms with van der Waals surface area (Å²) in [6.45, 7) is 3.94. The molecule has 2 aromatic heterocycles. The van der Waals surface area contributed by atoms with Gasteiger partial charge in [-0.1, -0.05) is 26.0 Å². The van der Waals surface area contributed by atoms with Crippen molar-refractivity contribution in [2.24, 2.45) is 0 Å². The summed E-state index contributed by atoms with van der Waals surface area (Å²) in [5.41, 5.74) is 0.723. The van der Waals surface area contributed by atoms with Crippen LogP contribution in [0.2, 0.25) is 0 Å². The highest BCUT2D eigenvalue weighted by atomic mass is 32.2. The van der Waals surface area contributed by atoms with E-state index < -0.39 is 38.9 Å². The Morgan fingerprint density at radius 3 is 2.55 bits per heavy atom. The zero-order valence-electron chi connectivity index (χ0n) is 17.6. The van der Waals surface area contributed by atoms with Gasteiger partial charge in [-0.05, 0) is 41.8 Å². The van der Waals surface area contributed by atoms with Crippen LogP contribution < -0.4 is 15.0 Å². The predicted molar refractivity (Wildman–Crippen MR) is 118 cm³/mol. The second kappa shape index (κ2) is 8.58. The second-order valence-electron chi connectivity index (χ2n) is 7.62. The zero-order chi connectivity index (χ0) is 23.8. The number of aromatic amines is 2. The van der Waals surface area contributed by atoms with Crippen molar-refractivity contribution in [1.82, 2.24) is 9.97 Å². The molecule has 0 aliphatic carbocycles. The average molecular weight is 472 g/mol. The van der Waals surface area contributed by atoms with Crippen LogP contribution in [0.15, 0.2) is 59.9 Å². The molecule has 0 aliphatic rings. The second-order valence-corrected chi connectivity index (χ2v) is 9.30. The van der Waals surface area contributed by atoms with Crippen LogP contribution >= 0.6 is 0 Å². The largest absolute Gasteiger partial charge is 0.317 e. The Hall–Kier alpha value is -3.86. The molecule has 0 radical (unpaired) electrons. The molecule has 4 aromatic rings. The fourth-order valence-electron chi connectivity index (χ4n) is 3.16. The number of hydrogen-bond acceptors (Lipinski definition) is 4. The van der Waals surface area contributed by atoms with Gasteiger partial charge in [0.25, 0.3) is 21.6 Å². The maximum Gasteiger partial charge on any atom is 0.299 e. The van der Waals surface area contributed by atoms with E-state index in [0.29, 0.717) is 11.2 Å². The first-order valence-electron chi connectivity index (χ1n) is 9.92. The first kappa shape index (κ1) is 22.3. The topological polar surface area (TPSA) is 118 Å². The summed E-state index contributed by atoms with van der Waals surface area (Å²) in [5, 5.41) is 2.15. The molecule has 0 fully saturated rings. The van der Waals surface area contributed by atoms with Gasteiger partial charge < -0.3 is 5.32 Å². The van der Waals surface area contributed by atoms with E-state index >= 15 is 4.39 Å². The normalized spacial score (nSPS) is 11.7. The van der Waals surface area contributed by atoms with Crippen LogP contribution in [0, 0.1) is 11.6 Å². The number of hydrogen-bond donors (Lipinski definition) is 3. The number of carbonyl (C=O) groups excluding carboxylic acids is 1. The van der Waals surface area contributed by atoms with E-state index in [-0.39, 0.29) is 16.4 Å². The fourth-order valence-corrected chi connectivity index (χ4v) is 4.22. The van der Waals surface area contributed by atoms with Crippen LogP contribution in [0.4, 0.5) is 20.2 Å². The molecule has 0 saturated carbocycles. The molecule has 0 atom stereocenters. The number of carbonyl (C=O) groups is 1. The van der Waals surface area contributed by atoms with E-state index in [1.165, 1.54) is 30.7 Å². The molecule has 1 amide bonds. The molecule has 0 unspecified atom stereocenters. The molecule has 0 saturated heterocycles. The van der Waals surface area contributed by atoms with Crippen LogP contribution in [0.3, 0.4) is 0 Å². The highest BCUT2D eigenvalue weighted by Gasteiger charge is 2.22. The standard InChI is InChI=1S/C22H19F2N5O3S/c1-12(2)13-3-5-15(6-4-13)33(31,32)29-17-8-7-16(23)20(19(17)24)28-22(30)14-9-18-21(25-10-14)27-11-26-18/h3-12,29H,1-2H3,(H,28,30)(H,25,26,27)/p+1. The van der Waals surface area contributed by atoms with Gasteiger partial charge in [-0.2, -0.15) is 0 Å². The Bertz CT molecular complexity index is 1450. The molecule has 11 heteroatoms. The lowest BCUT2D eigenvalue weighted by atomic mass is 10.0. The number of nitrogens with zero attached hydrogens (tertiary/aromatic N) is 1. The number of benzene rings is 2. The summed E-state index contributed by atoms with van der Waals surface area (Å²) >= 11 is 0. The number of rotatable bonds is 6. The maximum absolute atomic E-state index is 15.0. The van der Waals surface area contributed by atoms with Crippen molar-refractivity contribution in [2.75, 3.05) is 10.0 Å². The van der Waals surface area contributed by atoms with E-state index in [0.717, 1.165) is 17.7 Å². The van der Waals surface area contributed by atoms with E-state index in [1.807, 2.05) is 13.8 Å². The Kier molecular flexibility index (Phi) is 5.81. The molecule has 4 N–H and O–H groups in total.